The summed E-state index contributed by atoms with van der Waals surface area (Å²) in [4.78, 5) is 19.9. The number of hydrogen-bond donors (Lipinski definition) is 2. The molecule has 0 aromatic carbocycles. The van der Waals surface area contributed by atoms with Crippen LogP contribution in [0, 0.1) is 5.82 Å². The number of aromatic nitrogens is 2. The molecule has 2 aromatic heterocycles. The van der Waals surface area contributed by atoms with Crippen LogP contribution in [0.15, 0.2) is 30.6 Å². The lowest BCUT2D eigenvalue weighted by Crippen LogP contribution is -2.16. The van der Waals surface area contributed by atoms with Gasteiger partial charge in [0.2, 0.25) is 0 Å². The van der Waals surface area contributed by atoms with Crippen molar-refractivity contribution >= 4 is 29.0 Å². The van der Waals surface area contributed by atoms with Gasteiger partial charge < -0.3 is 10.6 Å². The number of nitrogens with zero attached hydrogens (tertiary/aromatic N) is 2. The van der Waals surface area contributed by atoms with Crippen LogP contribution in [0.5, 0.6) is 0 Å². The first-order chi connectivity index (χ1) is 10.1. The minimum absolute atomic E-state index is 0.0276. The first kappa shape index (κ1) is 15.2. The van der Waals surface area contributed by atoms with Gasteiger partial charge in [0, 0.05) is 12.7 Å². The Morgan fingerprint density at radius 3 is 2.90 bits per heavy atom. The third-order valence-electron chi connectivity index (χ3n) is 2.64. The summed E-state index contributed by atoms with van der Waals surface area (Å²) in [6.07, 6.45) is 3.32. The summed E-state index contributed by atoms with van der Waals surface area (Å²) in [5.74, 6) is -0.658. The van der Waals surface area contributed by atoms with Gasteiger partial charge in [-0.3, -0.25) is 9.78 Å². The Morgan fingerprint density at radius 1 is 1.38 bits per heavy atom. The fourth-order valence-corrected chi connectivity index (χ4v) is 1.80. The molecule has 0 radical (unpaired) electrons. The van der Waals surface area contributed by atoms with Crippen molar-refractivity contribution in [3.05, 3.63) is 47.1 Å². The maximum Gasteiger partial charge on any atom is 0.275 e. The highest BCUT2D eigenvalue weighted by molar-refractivity contribution is 6.34. The third kappa shape index (κ3) is 3.88. The third-order valence-corrected chi connectivity index (χ3v) is 2.94. The van der Waals surface area contributed by atoms with Gasteiger partial charge in [0.25, 0.3) is 5.91 Å². The maximum absolute atomic E-state index is 13.5. The molecule has 0 saturated heterocycles. The molecule has 0 atom stereocenters. The van der Waals surface area contributed by atoms with Crippen molar-refractivity contribution in [2.75, 3.05) is 17.2 Å². The van der Waals surface area contributed by atoms with E-state index in [4.69, 9.17) is 11.6 Å². The highest BCUT2D eigenvalue weighted by Gasteiger charge is 2.15. The second-order valence-corrected chi connectivity index (χ2v) is 4.67. The highest BCUT2D eigenvalue weighted by Crippen LogP contribution is 2.19. The molecule has 0 aliphatic heterocycles. The monoisotopic (exact) mass is 308 g/mol. The van der Waals surface area contributed by atoms with Gasteiger partial charge in [0.1, 0.15) is 11.5 Å². The predicted molar refractivity (Wildman–Crippen MR) is 80.2 cm³/mol. The van der Waals surface area contributed by atoms with E-state index < -0.39 is 11.7 Å². The van der Waals surface area contributed by atoms with Gasteiger partial charge in [0.15, 0.2) is 5.82 Å². The molecule has 7 heteroatoms. The van der Waals surface area contributed by atoms with E-state index in [0.717, 1.165) is 19.2 Å². The number of nitrogens with one attached hydrogen (secondary N) is 2. The van der Waals surface area contributed by atoms with Gasteiger partial charge in [-0.1, -0.05) is 18.5 Å². The van der Waals surface area contributed by atoms with Gasteiger partial charge in [-0.05, 0) is 24.6 Å². The molecule has 2 heterocycles. The number of carbonyl (C=O) groups is 1. The Kier molecular flexibility index (Phi) is 5.05. The summed E-state index contributed by atoms with van der Waals surface area (Å²) in [5.41, 5.74) is 0.0637. The summed E-state index contributed by atoms with van der Waals surface area (Å²) >= 11 is 5.97. The minimum atomic E-state index is -0.623. The fraction of sp³-hybridized carbons (Fsp3) is 0.214. The Labute approximate surface area is 126 Å². The predicted octanol–water partition coefficient (Wildman–Crippen LogP) is 3.34. The average molecular weight is 309 g/mol. The first-order valence-electron chi connectivity index (χ1n) is 6.43. The number of hydrogen-bond acceptors (Lipinski definition) is 4. The number of halogens is 2. The van der Waals surface area contributed by atoms with Crippen molar-refractivity contribution in [3.63, 3.8) is 0 Å². The molecule has 0 spiro atoms. The quantitative estimate of drug-likeness (QED) is 0.889. The molecule has 110 valence electrons. The number of rotatable bonds is 5. The molecular formula is C14H14ClFN4O. The van der Waals surface area contributed by atoms with Gasteiger partial charge >= 0.3 is 0 Å². The normalized spacial score (nSPS) is 10.2. The number of pyridine rings is 2. The fourth-order valence-electron chi connectivity index (χ4n) is 1.61. The average Bonchev–Trinajstić information content (AvgIpc) is 2.48. The van der Waals surface area contributed by atoms with Crippen LogP contribution in [-0.2, 0) is 0 Å². The zero-order chi connectivity index (χ0) is 15.2. The van der Waals surface area contributed by atoms with Crippen molar-refractivity contribution in [2.24, 2.45) is 0 Å². The Hall–Kier alpha value is -2.21. The molecule has 0 fully saturated rings. The second-order valence-electron chi connectivity index (χ2n) is 4.26. The molecule has 2 aromatic rings. The van der Waals surface area contributed by atoms with E-state index in [2.05, 4.69) is 20.6 Å². The van der Waals surface area contributed by atoms with Crippen molar-refractivity contribution in [1.29, 1.82) is 0 Å². The van der Waals surface area contributed by atoms with Crippen LogP contribution in [-0.4, -0.2) is 22.4 Å². The van der Waals surface area contributed by atoms with E-state index >= 15 is 0 Å². The summed E-state index contributed by atoms with van der Waals surface area (Å²) in [6.45, 7) is 2.75. The smallest absolute Gasteiger partial charge is 0.275 e. The molecule has 0 aliphatic carbocycles. The van der Waals surface area contributed by atoms with E-state index in [0.29, 0.717) is 5.82 Å². The second kappa shape index (κ2) is 6.99. The molecule has 21 heavy (non-hydrogen) atoms. The molecule has 0 unspecified atom stereocenters. The Balaban J connectivity index is 2.20. The van der Waals surface area contributed by atoms with Gasteiger partial charge in [-0.2, -0.15) is 0 Å². The van der Waals surface area contributed by atoms with E-state index in [-0.39, 0.29) is 16.4 Å². The standard InChI is InChI=1S/C14H14ClFN4O/c1-2-6-18-12-4-3-9(15)13(20-12)14(21)19-11-5-7-17-8-10(11)16/h3-5,7-8H,2,6H2,1H3,(H,18,20)(H,17,19,21). The molecule has 2 N–H and O–H groups in total. The van der Waals surface area contributed by atoms with E-state index in [9.17, 15) is 9.18 Å². The largest absolute Gasteiger partial charge is 0.370 e. The summed E-state index contributed by atoms with van der Waals surface area (Å²) < 4.78 is 13.5. The van der Waals surface area contributed by atoms with Crippen molar-refractivity contribution in [2.45, 2.75) is 13.3 Å². The lowest BCUT2D eigenvalue weighted by molar-refractivity contribution is 0.102. The minimum Gasteiger partial charge on any atom is -0.370 e. The van der Waals surface area contributed by atoms with Crippen LogP contribution < -0.4 is 10.6 Å². The van der Waals surface area contributed by atoms with Crippen molar-refractivity contribution in [1.82, 2.24) is 9.97 Å². The summed E-state index contributed by atoms with van der Waals surface area (Å²) in [7, 11) is 0. The summed E-state index contributed by atoms with van der Waals surface area (Å²) in [5, 5.41) is 5.68. The topological polar surface area (TPSA) is 66.9 Å². The van der Waals surface area contributed by atoms with Crippen LogP contribution >= 0.6 is 11.6 Å². The van der Waals surface area contributed by atoms with E-state index in [1.807, 2.05) is 6.92 Å². The molecule has 2 rings (SSSR count). The number of carbonyl (C=O) groups excluding carboxylic acids is 1. The van der Waals surface area contributed by atoms with Gasteiger partial charge in [-0.25, -0.2) is 9.37 Å². The van der Waals surface area contributed by atoms with Crippen LogP contribution in [0.25, 0.3) is 0 Å². The van der Waals surface area contributed by atoms with Crippen LogP contribution in [0.3, 0.4) is 0 Å². The highest BCUT2D eigenvalue weighted by atomic mass is 35.5. The molecular weight excluding hydrogens is 295 g/mol. The summed E-state index contributed by atoms with van der Waals surface area (Å²) in [6, 6.07) is 4.62. The zero-order valence-corrected chi connectivity index (χ0v) is 12.1. The lowest BCUT2D eigenvalue weighted by Gasteiger charge is -2.09. The van der Waals surface area contributed by atoms with Crippen molar-refractivity contribution < 1.29 is 9.18 Å². The molecule has 0 saturated carbocycles. The van der Waals surface area contributed by atoms with Gasteiger partial charge in [0.05, 0.1) is 16.9 Å². The van der Waals surface area contributed by atoms with E-state index in [1.165, 1.54) is 12.3 Å². The maximum atomic E-state index is 13.5. The Morgan fingerprint density at radius 2 is 2.19 bits per heavy atom. The SMILES string of the molecule is CCCNc1ccc(Cl)c(C(=O)Nc2ccncc2F)n1. The zero-order valence-electron chi connectivity index (χ0n) is 11.4. The van der Waals surface area contributed by atoms with Crippen LogP contribution in [0.1, 0.15) is 23.8 Å². The van der Waals surface area contributed by atoms with Gasteiger partial charge in [-0.15, -0.1) is 0 Å². The van der Waals surface area contributed by atoms with Crippen LogP contribution in [0.4, 0.5) is 15.9 Å². The Bertz CT molecular complexity index is 651. The molecule has 1 amide bonds. The van der Waals surface area contributed by atoms with E-state index in [1.54, 1.807) is 12.1 Å². The van der Waals surface area contributed by atoms with Crippen LogP contribution in [0.2, 0.25) is 5.02 Å². The number of amides is 1. The molecule has 0 aliphatic rings. The van der Waals surface area contributed by atoms with Crippen molar-refractivity contribution in [3.8, 4) is 0 Å². The number of anilines is 2. The molecule has 0 bridgehead atoms. The first-order valence-corrected chi connectivity index (χ1v) is 6.81. The lowest BCUT2D eigenvalue weighted by atomic mass is 10.3. The molecule has 5 nitrogen and oxygen atoms in total.